The summed E-state index contributed by atoms with van der Waals surface area (Å²) in [6.07, 6.45) is 12.4. The standard InChI is InChI=1S/C11H23Cl.H4Si/c1-2-3-4-5-6-7-8-9-10-11-12;/h2-11H2,1H3;1H4. The lowest BCUT2D eigenvalue weighted by Gasteiger charge is -1.99. The van der Waals surface area contributed by atoms with Gasteiger partial charge in [-0.2, -0.15) is 0 Å². The first-order chi connectivity index (χ1) is 5.91. The maximum absolute atomic E-state index is 5.58. The second-order valence-corrected chi connectivity index (χ2v) is 3.90. The molecule has 0 aromatic heterocycles. The molecule has 0 unspecified atom stereocenters. The lowest BCUT2D eigenvalue weighted by Crippen LogP contribution is -1.81. The average molecular weight is 223 g/mol. The molecule has 0 atom stereocenters. The smallest absolute Gasteiger partial charge is 0.0223 e. The van der Waals surface area contributed by atoms with Crippen LogP contribution in [-0.4, -0.2) is 16.8 Å². The highest BCUT2D eigenvalue weighted by Gasteiger charge is 1.90. The highest BCUT2D eigenvalue weighted by Crippen LogP contribution is 2.09. The third-order valence-corrected chi connectivity index (χ3v) is 2.50. The van der Waals surface area contributed by atoms with Crippen molar-refractivity contribution in [2.45, 2.75) is 64.7 Å². The summed E-state index contributed by atoms with van der Waals surface area (Å²) in [5, 5.41) is 0. The normalized spacial score (nSPS) is 9.69. The fraction of sp³-hybridized carbons (Fsp3) is 1.00. The van der Waals surface area contributed by atoms with E-state index in [-0.39, 0.29) is 11.0 Å². The van der Waals surface area contributed by atoms with Crippen molar-refractivity contribution in [3.8, 4) is 0 Å². The SMILES string of the molecule is CCCCCCCCCCCCl.[SiH4]. The van der Waals surface area contributed by atoms with E-state index in [1.165, 1.54) is 57.8 Å². The van der Waals surface area contributed by atoms with Crippen LogP contribution < -0.4 is 0 Å². The van der Waals surface area contributed by atoms with E-state index in [2.05, 4.69) is 6.92 Å². The Balaban J connectivity index is 0. The molecule has 0 N–H and O–H groups in total. The summed E-state index contributed by atoms with van der Waals surface area (Å²) >= 11 is 5.58. The van der Waals surface area contributed by atoms with E-state index >= 15 is 0 Å². The van der Waals surface area contributed by atoms with Crippen LogP contribution in [0.1, 0.15) is 64.7 Å². The van der Waals surface area contributed by atoms with Crippen molar-refractivity contribution in [3.63, 3.8) is 0 Å². The molecular formula is C11H27ClSi. The Bertz CT molecular complexity index is 66.5. The molecule has 82 valence electrons. The van der Waals surface area contributed by atoms with Crippen LogP contribution >= 0.6 is 11.6 Å². The fourth-order valence-corrected chi connectivity index (χ4v) is 1.59. The summed E-state index contributed by atoms with van der Waals surface area (Å²) in [5.74, 6) is 0.843. The zero-order valence-corrected chi connectivity index (χ0v) is 9.20. The lowest BCUT2D eigenvalue weighted by molar-refractivity contribution is 0.573. The maximum Gasteiger partial charge on any atom is 0.0223 e. The third-order valence-electron chi connectivity index (χ3n) is 2.24. The van der Waals surface area contributed by atoms with Gasteiger partial charge in [-0.05, 0) is 17.4 Å². The van der Waals surface area contributed by atoms with E-state index in [1.54, 1.807) is 0 Å². The quantitative estimate of drug-likeness (QED) is 0.319. The van der Waals surface area contributed by atoms with Gasteiger partial charge in [-0.1, -0.05) is 58.3 Å². The minimum atomic E-state index is 0. The second-order valence-electron chi connectivity index (χ2n) is 3.52. The van der Waals surface area contributed by atoms with Gasteiger partial charge in [0.15, 0.2) is 0 Å². The Kier molecular flexibility index (Phi) is 18.4. The van der Waals surface area contributed by atoms with E-state index in [0.717, 1.165) is 5.88 Å². The molecule has 2 heteroatoms. The van der Waals surface area contributed by atoms with Crippen LogP contribution in [0.4, 0.5) is 0 Å². The molecule has 0 aromatic carbocycles. The monoisotopic (exact) mass is 222 g/mol. The van der Waals surface area contributed by atoms with E-state index in [4.69, 9.17) is 11.6 Å². The van der Waals surface area contributed by atoms with Crippen LogP contribution in [0.5, 0.6) is 0 Å². The molecule has 0 aliphatic rings. The van der Waals surface area contributed by atoms with Crippen molar-refractivity contribution < 1.29 is 0 Å². The molecule has 0 amide bonds. The zero-order chi connectivity index (χ0) is 9.07. The first kappa shape index (κ1) is 16.0. The maximum atomic E-state index is 5.58. The number of alkyl halides is 1. The Morgan fingerprint density at radius 3 is 1.46 bits per heavy atom. The minimum Gasteiger partial charge on any atom is -0.127 e. The summed E-state index contributed by atoms with van der Waals surface area (Å²) in [7, 11) is 0. The van der Waals surface area contributed by atoms with Crippen LogP contribution in [0.3, 0.4) is 0 Å². The zero-order valence-electron chi connectivity index (χ0n) is 8.45. The number of hydrogen-bond donors (Lipinski definition) is 0. The predicted octanol–water partition coefficient (Wildman–Crippen LogP) is 3.30. The number of halogens is 1. The van der Waals surface area contributed by atoms with Crippen molar-refractivity contribution in [2.24, 2.45) is 0 Å². The molecule has 0 radical (unpaired) electrons. The highest BCUT2D eigenvalue weighted by molar-refractivity contribution is 6.17. The van der Waals surface area contributed by atoms with Gasteiger partial charge in [-0.25, -0.2) is 0 Å². The molecule has 0 nitrogen and oxygen atoms in total. The summed E-state index contributed by atoms with van der Waals surface area (Å²) in [6, 6.07) is 0. The topological polar surface area (TPSA) is 0 Å². The summed E-state index contributed by atoms with van der Waals surface area (Å²) in [4.78, 5) is 0. The minimum absolute atomic E-state index is 0. The molecule has 0 bridgehead atoms. The van der Waals surface area contributed by atoms with Crippen LogP contribution in [0, 0.1) is 0 Å². The van der Waals surface area contributed by atoms with Crippen molar-refractivity contribution in [1.82, 2.24) is 0 Å². The van der Waals surface area contributed by atoms with Crippen LogP contribution in [0.25, 0.3) is 0 Å². The van der Waals surface area contributed by atoms with Gasteiger partial charge in [0.2, 0.25) is 0 Å². The molecule has 13 heavy (non-hydrogen) atoms. The molecule has 0 rings (SSSR count). The first-order valence-corrected chi connectivity index (χ1v) is 6.01. The summed E-state index contributed by atoms with van der Waals surface area (Å²) < 4.78 is 0. The number of rotatable bonds is 9. The van der Waals surface area contributed by atoms with E-state index < -0.39 is 0 Å². The van der Waals surface area contributed by atoms with Crippen molar-refractivity contribution in [3.05, 3.63) is 0 Å². The third kappa shape index (κ3) is 15.3. The second kappa shape index (κ2) is 15.0. The molecule has 0 saturated heterocycles. The predicted molar refractivity (Wildman–Crippen MR) is 69.3 cm³/mol. The molecule has 0 aromatic rings. The van der Waals surface area contributed by atoms with Gasteiger partial charge >= 0.3 is 0 Å². The first-order valence-electron chi connectivity index (χ1n) is 5.47. The van der Waals surface area contributed by atoms with Gasteiger partial charge in [0.1, 0.15) is 0 Å². The van der Waals surface area contributed by atoms with Gasteiger partial charge in [-0.3, -0.25) is 0 Å². The molecule has 0 spiro atoms. The Morgan fingerprint density at radius 1 is 0.692 bits per heavy atom. The van der Waals surface area contributed by atoms with E-state index in [1.807, 2.05) is 0 Å². The Labute approximate surface area is 93.5 Å². The summed E-state index contributed by atoms with van der Waals surface area (Å²) in [5.41, 5.74) is 0. The number of hydrogen-bond acceptors (Lipinski definition) is 0. The average Bonchev–Trinajstić information content (AvgIpc) is 2.10. The van der Waals surface area contributed by atoms with Crippen molar-refractivity contribution >= 4 is 22.6 Å². The van der Waals surface area contributed by atoms with Gasteiger partial charge in [0.25, 0.3) is 0 Å². The molecule has 0 heterocycles. The van der Waals surface area contributed by atoms with Crippen LogP contribution in [-0.2, 0) is 0 Å². The van der Waals surface area contributed by atoms with Crippen LogP contribution in [0.2, 0.25) is 0 Å². The molecular weight excluding hydrogens is 196 g/mol. The fourth-order valence-electron chi connectivity index (χ4n) is 1.41. The van der Waals surface area contributed by atoms with Gasteiger partial charge in [0, 0.05) is 5.88 Å². The molecule has 0 aliphatic carbocycles. The molecule has 0 aliphatic heterocycles. The lowest BCUT2D eigenvalue weighted by atomic mass is 10.1. The van der Waals surface area contributed by atoms with E-state index in [0.29, 0.717) is 0 Å². The summed E-state index contributed by atoms with van der Waals surface area (Å²) in [6.45, 7) is 2.26. The van der Waals surface area contributed by atoms with Crippen molar-refractivity contribution in [2.75, 3.05) is 5.88 Å². The Morgan fingerprint density at radius 2 is 1.08 bits per heavy atom. The molecule has 0 saturated carbocycles. The van der Waals surface area contributed by atoms with Crippen LogP contribution in [0.15, 0.2) is 0 Å². The van der Waals surface area contributed by atoms with Gasteiger partial charge in [-0.15, -0.1) is 11.6 Å². The van der Waals surface area contributed by atoms with E-state index in [9.17, 15) is 0 Å². The Hall–Kier alpha value is 0.507. The van der Waals surface area contributed by atoms with Crippen molar-refractivity contribution in [1.29, 1.82) is 0 Å². The highest BCUT2D eigenvalue weighted by atomic mass is 35.5. The largest absolute Gasteiger partial charge is 0.127 e. The molecule has 0 fully saturated rings. The van der Waals surface area contributed by atoms with Gasteiger partial charge in [0.05, 0.1) is 0 Å². The van der Waals surface area contributed by atoms with Gasteiger partial charge < -0.3 is 0 Å². The number of unbranched alkanes of at least 4 members (excludes halogenated alkanes) is 8.